The van der Waals surface area contributed by atoms with Gasteiger partial charge >= 0.3 is 0 Å². The Hall–Kier alpha value is -6.68. The SMILES string of the molecule is COCc1ccc(-c2cc3[n-]c2=CC=c2[nH]c(cc2-c2ccc(C[N+](C)(C)C)cc2)=C2C=C(c4ccc(C[N+](C)(C)C)cc4)C(=N2)C=CC2=C(c4ccc(C[N+](C)(C)C)cc4)[CH+]C=3N2)cc1. The van der Waals surface area contributed by atoms with Crippen LogP contribution in [0.1, 0.15) is 33.4 Å². The van der Waals surface area contributed by atoms with Gasteiger partial charge in [0, 0.05) is 46.4 Å². The van der Waals surface area contributed by atoms with Gasteiger partial charge in [0.2, 0.25) is 0 Å². The lowest BCUT2D eigenvalue weighted by atomic mass is 9.98. The van der Waals surface area contributed by atoms with Crippen molar-refractivity contribution in [2.45, 2.75) is 26.2 Å². The zero-order chi connectivity index (χ0) is 46.4. The summed E-state index contributed by atoms with van der Waals surface area (Å²) in [4.78, 5) is 14.6. The highest BCUT2D eigenvalue weighted by Crippen LogP contribution is 2.33. The molecule has 0 spiro atoms. The van der Waals surface area contributed by atoms with E-state index in [2.05, 4.69) is 220 Å². The molecule has 3 aliphatic heterocycles. The molecule has 8 bridgehead atoms. The molecule has 66 heavy (non-hydrogen) atoms. The standard InChI is InChI=1S/C58H64N7O/c1-63(2,3)35-39-11-19-43(20-12-39)47-31-55-56-32-48(44-21-13-40(14-22-44)36-64(4,5)6)53(60-56)29-30-54-50(46-25-17-42(18-26-46)38-66-10)34-58(62-54)57-33-49(52(61-57)28-27-51(47)59-55)45-23-15-41(16-24-45)37-65(7,8)9/h11-34,60-61H,35-38H2,1-10H3/q+3. The lowest BCUT2D eigenvalue weighted by molar-refractivity contribution is -0.884. The molecule has 4 aromatic carbocycles. The zero-order valence-electron chi connectivity index (χ0n) is 40.3. The number of aliphatic imine (C=N–C) groups is 1. The van der Waals surface area contributed by atoms with Crippen LogP contribution in [0.2, 0.25) is 0 Å². The molecule has 0 amide bonds. The smallest absolute Gasteiger partial charge is 0.129 e. The number of allylic oxidation sites excluding steroid dienone is 3. The second-order valence-electron chi connectivity index (χ2n) is 21.1. The first-order valence-electron chi connectivity index (χ1n) is 22.9. The highest BCUT2D eigenvalue weighted by atomic mass is 16.5. The van der Waals surface area contributed by atoms with E-state index in [0.29, 0.717) is 6.61 Å². The number of hydrogen-bond donors (Lipinski definition) is 2. The monoisotopic (exact) mass is 875 g/mol. The van der Waals surface area contributed by atoms with Crippen LogP contribution in [0.15, 0.2) is 138 Å². The molecule has 2 aromatic heterocycles. The molecular weight excluding hydrogens is 811 g/mol. The molecule has 8 nitrogen and oxygen atoms in total. The van der Waals surface area contributed by atoms with Gasteiger partial charge in [0.25, 0.3) is 0 Å². The third kappa shape index (κ3) is 10.2. The Morgan fingerprint density at radius 3 is 1.68 bits per heavy atom. The second-order valence-corrected chi connectivity index (χ2v) is 21.1. The summed E-state index contributed by atoms with van der Waals surface area (Å²) in [5.41, 5.74) is 17.6. The average Bonchev–Trinajstić information content (AvgIpc) is 4.07. The Labute approximate surface area is 390 Å². The molecular formula is C58H64N7O+3. The van der Waals surface area contributed by atoms with Crippen molar-refractivity contribution in [3.8, 4) is 22.3 Å². The van der Waals surface area contributed by atoms with Gasteiger partial charge in [-0.15, -0.1) is 5.35 Å². The molecule has 0 fully saturated rings. The first-order chi connectivity index (χ1) is 31.4. The highest BCUT2D eigenvalue weighted by Gasteiger charge is 2.28. The van der Waals surface area contributed by atoms with Crippen LogP contribution in [0, 0.1) is 6.42 Å². The van der Waals surface area contributed by atoms with Gasteiger partial charge < -0.3 is 28.2 Å². The van der Waals surface area contributed by atoms with Gasteiger partial charge in [-0.3, -0.25) is 5.32 Å². The Morgan fingerprint density at radius 2 is 1.12 bits per heavy atom. The van der Waals surface area contributed by atoms with Crippen molar-refractivity contribution >= 4 is 40.4 Å². The molecule has 9 rings (SSSR count). The number of ether oxygens (including phenoxy) is 1. The van der Waals surface area contributed by atoms with Crippen molar-refractivity contribution in [1.82, 2.24) is 15.3 Å². The van der Waals surface area contributed by atoms with Gasteiger partial charge in [0.1, 0.15) is 36.6 Å². The van der Waals surface area contributed by atoms with E-state index >= 15 is 0 Å². The van der Waals surface area contributed by atoms with E-state index in [0.717, 1.165) is 127 Å². The van der Waals surface area contributed by atoms with Crippen LogP contribution in [-0.4, -0.2) is 94.7 Å². The van der Waals surface area contributed by atoms with E-state index in [1.165, 1.54) is 16.7 Å². The van der Waals surface area contributed by atoms with Crippen LogP contribution >= 0.6 is 0 Å². The van der Waals surface area contributed by atoms with E-state index in [9.17, 15) is 0 Å². The molecule has 334 valence electrons. The van der Waals surface area contributed by atoms with Crippen molar-refractivity contribution in [3.05, 3.63) is 194 Å². The maximum absolute atomic E-state index is 5.45. The predicted octanol–water partition coefficient (Wildman–Crippen LogP) is 6.88. The summed E-state index contributed by atoms with van der Waals surface area (Å²) >= 11 is 0. The largest absolute Gasteiger partial charge is 0.611 e. The van der Waals surface area contributed by atoms with Crippen molar-refractivity contribution in [1.29, 1.82) is 0 Å². The fourth-order valence-corrected chi connectivity index (χ4v) is 9.10. The number of benzene rings is 4. The molecule has 5 heterocycles. The first-order valence-corrected chi connectivity index (χ1v) is 22.9. The third-order valence-electron chi connectivity index (χ3n) is 12.0. The number of nitrogens with zero attached hydrogens (tertiary/aromatic N) is 5. The number of fused-ring (bicyclic) bond motifs is 7. The lowest BCUT2D eigenvalue weighted by Gasteiger charge is -2.24. The Morgan fingerprint density at radius 1 is 0.591 bits per heavy atom. The summed E-state index contributed by atoms with van der Waals surface area (Å²) in [7, 11) is 21.8. The van der Waals surface area contributed by atoms with Crippen LogP contribution in [0.25, 0.3) is 56.9 Å². The Kier molecular flexibility index (Phi) is 11.9. The predicted molar refractivity (Wildman–Crippen MR) is 273 cm³/mol. The topological polar surface area (TPSA) is 63.5 Å². The molecule has 2 N–H and O–H groups in total. The van der Waals surface area contributed by atoms with Crippen LogP contribution in [0.3, 0.4) is 0 Å². The third-order valence-corrected chi connectivity index (χ3v) is 12.0. The first kappa shape index (κ1) is 44.5. The number of methoxy groups -OCH3 is 1. The fourth-order valence-electron chi connectivity index (χ4n) is 9.10. The van der Waals surface area contributed by atoms with E-state index in [1.54, 1.807) is 7.11 Å². The summed E-state index contributed by atoms with van der Waals surface area (Å²) in [5, 5.41) is 7.54. The minimum Gasteiger partial charge on any atom is -0.611 e. The second kappa shape index (κ2) is 17.6. The highest BCUT2D eigenvalue weighted by molar-refractivity contribution is 6.34. The molecule has 3 aliphatic rings. The maximum Gasteiger partial charge on any atom is 0.129 e. The summed E-state index contributed by atoms with van der Waals surface area (Å²) < 4.78 is 8.04. The van der Waals surface area contributed by atoms with Crippen molar-refractivity contribution < 1.29 is 18.2 Å². The van der Waals surface area contributed by atoms with Gasteiger partial charge in [-0.2, -0.15) is 0 Å². The van der Waals surface area contributed by atoms with Crippen LogP contribution in [0.4, 0.5) is 0 Å². The number of hydrogen-bond acceptors (Lipinski definition) is 3. The molecule has 8 heteroatoms. The van der Waals surface area contributed by atoms with E-state index < -0.39 is 0 Å². The summed E-state index contributed by atoms with van der Waals surface area (Å²) in [6, 6.07) is 40.1. The van der Waals surface area contributed by atoms with Gasteiger partial charge in [0.05, 0.1) is 98.8 Å². The Balaban J connectivity index is 1.26. The molecule has 0 aliphatic carbocycles. The van der Waals surface area contributed by atoms with E-state index in [1.807, 2.05) is 0 Å². The van der Waals surface area contributed by atoms with Gasteiger partial charge in [-0.05, 0) is 87.8 Å². The Bertz CT molecular complexity index is 3170. The molecule has 6 aromatic rings. The zero-order valence-corrected chi connectivity index (χ0v) is 40.3. The van der Waals surface area contributed by atoms with Crippen molar-refractivity contribution in [2.24, 2.45) is 4.99 Å². The van der Waals surface area contributed by atoms with Crippen LogP contribution < -0.4 is 31.7 Å². The summed E-state index contributed by atoms with van der Waals surface area (Å²) in [6.45, 7) is 3.41. The molecule has 0 unspecified atom stereocenters. The van der Waals surface area contributed by atoms with Crippen molar-refractivity contribution in [2.75, 3.05) is 70.5 Å². The van der Waals surface area contributed by atoms with E-state index in [-0.39, 0.29) is 0 Å². The quantitative estimate of drug-likeness (QED) is 0.104. The number of aromatic amines is 1. The number of H-pyrrole nitrogens is 1. The number of rotatable bonds is 12. The maximum atomic E-state index is 5.45. The van der Waals surface area contributed by atoms with Gasteiger partial charge in [0.15, 0.2) is 0 Å². The minimum absolute atomic E-state index is 0.563. The number of quaternary nitrogens is 3. The van der Waals surface area contributed by atoms with Crippen LogP contribution in [-0.2, 0) is 31.0 Å². The van der Waals surface area contributed by atoms with Crippen LogP contribution in [0.5, 0.6) is 0 Å². The molecule has 0 radical (unpaired) electrons. The lowest BCUT2D eigenvalue weighted by Crippen LogP contribution is -2.33. The van der Waals surface area contributed by atoms with Crippen molar-refractivity contribution in [3.63, 3.8) is 0 Å². The number of aromatic nitrogens is 2. The summed E-state index contributed by atoms with van der Waals surface area (Å²) in [6.07, 6.45) is 13.2. The summed E-state index contributed by atoms with van der Waals surface area (Å²) in [5.74, 6) is 0. The average molecular weight is 875 g/mol. The minimum atomic E-state index is 0.563. The van der Waals surface area contributed by atoms with Gasteiger partial charge in [-0.25, -0.2) is 4.99 Å². The van der Waals surface area contributed by atoms with E-state index in [4.69, 9.17) is 14.7 Å². The van der Waals surface area contributed by atoms with Gasteiger partial charge in [-0.1, -0.05) is 78.9 Å². The number of nitrogens with one attached hydrogen (secondary N) is 2. The molecule has 0 saturated heterocycles. The normalized spacial score (nSPS) is 15.0. The fraction of sp³-hybridized carbons (Fsp3) is 0.241. The molecule has 0 saturated carbocycles. The molecule has 0 atom stereocenters.